The SMILES string of the molecule is CC(C(=O)NC1CC(N(CC(=O)O)CC2CC2)C1)c1c(F)cccc1F. The van der Waals surface area contributed by atoms with Crippen molar-refractivity contribution in [1.29, 1.82) is 0 Å². The monoisotopic (exact) mass is 366 g/mol. The molecule has 2 fully saturated rings. The van der Waals surface area contributed by atoms with Crippen molar-refractivity contribution in [3.63, 3.8) is 0 Å². The summed E-state index contributed by atoms with van der Waals surface area (Å²) in [4.78, 5) is 25.4. The van der Waals surface area contributed by atoms with Gasteiger partial charge in [0, 0.05) is 24.2 Å². The van der Waals surface area contributed by atoms with Gasteiger partial charge in [-0.3, -0.25) is 14.5 Å². The highest BCUT2D eigenvalue weighted by Crippen LogP contribution is 2.34. The number of rotatable bonds is 8. The van der Waals surface area contributed by atoms with Crippen molar-refractivity contribution in [3.8, 4) is 0 Å². The van der Waals surface area contributed by atoms with Gasteiger partial charge >= 0.3 is 5.97 Å². The Bertz CT molecular complexity index is 667. The minimum absolute atomic E-state index is 0.0126. The zero-order valence-corrected chi connectivity index (χ0v) is 14.8. The molecule has 0 saturated heterocycles. The van der Waals surface area contributed by atoms with Crippen molar-refractivity contribution in [3.05, 3.63) is 35.4 Å². The maximum atomic E-state index is 13.8. The van der Waals surface area contributed by atoms with Crippen LogP contribution in [0.1, 0.15) is 44.1 Å². The van der Waals surface area contributed by atoms with Crippen molar-refractivity contribution < 1.29 is 23.5 Å². The molecule has 0 aliphatic heterocycles. The minimum atomic E-state index is -0.920. The highest BCUT2D eigenvalue weighted by atomic mass is 19.1. The minimum Gasteiger partial charge on any atom is -0.480 e. The van der Waals surface area contributed by atoms with E-state index in [0.717, 1.165) is 31.5 Å². The topological polar surface area (TPSA) is 69.6 Å². The van der Waals surface area contributed by atoms with Crippen LogP contribution in [0, 0.1) is 17.6 Å². The molecule has 0 aromatic heterocycles. The summed E-state index contributed by atoms with van der Waals surface area (Å²) in [6.07, 6.45) is 3.62. The fourth-order valence-electron chi connectivity index (χ4n) is 3.53. The van der Waals surface area contributed by atoms with Gasteiger partial charge in [-0.2, -0.15) is 0 Å². The molecule has 7 heteroatoms. The molecule has 1 amide bonds. The Morgan fingerprint density at radius 1 is 1.27 bits per heavy atom. The van der Waals surface area contributed by atoms with Gasteiger partial charge in [-0.15, -0.1) is 0 Å². The van der Waals surface area contributed by atoms with Crippen LogP contribution >= 0.6 is 0 Å². The molecule has 0 radical (unpaired) electrons. The molecule has 0 heterocycles. The average molecular weight is 366 g/mol. The second kappa shape index (κ2) is 7.70. The molecule has 0 spiro atoms. The number of benzene rings is 1. The van der Waals surface area contributed by atoms with Crippen LogP contribution in [-0.4, -0.2) is 47.1 Å². The summed E-state index contributed by atoms with van der Waals surface area (Å²) in [5.74, 6) is -3.04. The molecule has 1 aromatic carbocycles. The molecule has 0 bridgehead atoms. The average Bonchev–Trinajstić information content (AvgIpc) is 3.32. The number of halogens is 2. The summed E-state index contributed by atoms with van der Waals surface area (Å²) in [5.41, 5.74) is -0.220. The first-order valence-electron chi connectivity index (χ1n) is 9.05. The van der Waals surface area contributed by atoms with Gasteiger partial charge in [-0.1, -0.05) is 6.07 Å². The molecular formula is C19H24F2N2O3. The molecular weight excluding hydrogens is 342 g/mol. The van der Waals surface area contributed by atoms with Crippen LogP contribution in [0.4, 0.5) is 8.78 Å². The summed E-state index contributed by atoms with van der Waals surface area (Å²) in [6.45, 7) is 2.28. The molecule has 1 unspecified atom stereocenters. The molecule has 1 aromatic rings. The van der Waals surface area contributed by atoms with E-state index in [0.29, 0.717) is 18.8 Å². The molecule has 1 atom stereocenters. The lowest BCUT2D eigenvalue weighted by atomic mass is 9.84. The van der Waals surface area contributed by atoms with Crippen molar-refractivity contribution in [2.45, 2.75) is 50.6 Å². The highest BCUT2D eigenvalue weighted by Gasteiger charge is 2.38. The van der Waals surface area contributed by atoms with E-state index in [2.05, 4.69) is 5.32 Å². The Balaban J connectivity index is 1.52. The lowest BCUT2D eigenvalue weighted by Gasteiger charge is -2.43. The molecule has 2 saturated carbocycles. The number of nitrogens with zero attached hydrogens (tertiary/aromatic N) is 1. The summed E-state index contributed by atoms with van der Waals surface area (Å²) in [5, 5.41) is 11.9. The normalized spacial score (nSPS) is 23.4. The number of nitrogens with one attached hydrogen (secondary N) is 1. The number of carbonyl (C=O) groups is 2. The molecule has 142 valence electrons. The first-order valence-corrected chi connectivity index (χ1v) is 9.05. The first kappa shape index (κ1) is 18.8. The molecule has 26 heavy (non-hydrogen) atoms. The third-order valence-corrected chi connectivity index (χ3v) is 5.33. The molecule has 2 aliphatic rings. The van der Waals surface area contributed by atoms with Crippen LogP contribution in [0.15, 0.2) is 18.2 Å². The smallest absolute Gasteiger partial charge is 0.317 e. The molecule has 2 N–H and O–H groups in total. The van der Waals surface area contributed by atoms with Crippen molar-refractivity contribution in [1.82, 2.24) is 10.2 Å². The van der Waals surface area contributed by atoms with Crippen molar-refractivity contribution >= 4 is 11.9 Å². The third kappa shape index (κ3) is 4.38. The maximum Gasteiger partial charge on any atom is 0.317 e. The summed E-state index contributed by atoms with van der Waals surface area (Å²) < 4.78 is 27.7. The Morgan fingerprint density at radius 2 is 1.88 bits per heavy atom. The number of carboxylic acid groups (broad SMARTS) is 1. The fraction of sp³-hybridized carbons (Fsp3) is 0.579. The van der Waals surface area contributed by atoms with Crippen molar-refractivity contribution in [2.24, 2.45) is 5.92 Å². The highest BCUT2D eigenvalue weighted by molar-refractivity contribution is 5.83. The van der Waals surface area contributed by atoms with E-state index in [4.69, 9.17) is 5.11 Å². The van der Waals surface area contributed by atoms with Gasteiger partial charge in [0.2, 0.25) is 5.91 Å². The van der Waals surface area contributed by atoms with Gasteiger partial charge in [0.15, 0.2) is 0 Å². The zero-order chi connectivity index (χ0) is 18.8. The lowest BCUT2D eigenvalue weighted by Crippen LogP contribution is -2.55. The Labute approximate surface area is 151 Å². The molecule has 2 aliphatic carbocycles. The number of hydrogen-bond acceptors (Lipinski definition) is 3. The van der Waals surface area contributed by atoms with E-state index < -0.39 is 29.4 Å². The summed E-state index contributed by atoms with van der Waals surface area (Å²) in [7, 11) is 0. The summed E-state index contributed by atoms with van der Waals surface area (Å²) in [6, 6.07) is 3.61. The largest absolute Gasteiger partial charge is 0.480 e. The molecule has 3 rings (SSSR count). The van der Waals surface area contributed by atoms with E-state index >= 15 is 0 Å². The van der Waals surface area contributed by atoms with Gasteiger partial charge < -0.3 is 10.4 Å². The molecule has 5 nitrogen and oxygen atoms in total. The predicted octanol–water partition coefficient (Wildman–Crippen LogP) is 2.51. The number of amides is 1. The Morgan fingerprint density at radius 3 is 2.42 bits per heavy atom. The predicted molar refractivity (Wildman–Crippen MR) is 91.7 cm³/mol. The van der Waals surface area contributed by atoms with Crippen LogP contribution in [0.5, 0.6) is 0 Å². The van der Waals surface area contributed by atoms with E-state index in [1.165, 1.54) is 13.0 Å². The number of hydrogen-bond donors (Lipinski definition) is 2. The fourth-order valence-corrected chi connectivity index (χ4v) is 3.53. The number of carboxylic acids is 1. The van der Waals surface area contributed by atoms with E-state index in [1.54, 1.807) is 0 Å². The number of aliphatic carboxylic acids is 1. The van der Waals surface area contributed by atoms with E-state index in [-0.39, 0.29) is 24.2 Å². The standard InChI is InChI=1S/C19H24F2N2O3/c1-11(18-15(20)3-2-4-16(18)21)19(26)22-13-7-14(8-13)23(10-17(24)25)9-12-5-6-12/h2-4,11-14H,5-10H2,1H3,(H,22,26)(H,24,25). The maximum absolute atomic E-state index is 13.8. The Kier molecular flexibility index (Phi) is 5.55. The van der Waals surface area contributed by atoms with Crippen LogP contribution in [0.3, 0.4) is 0 Å². The third-order valence-electron chi connectivity index (χ3n) is 5.33. The first-order chi connectivity index (χ1) is 12.3. The zero-order valence-electron chi connectivity index (χ0n) is 14.8. The lowest BCUT2D eigenvalue weighted by molar-refractivity contribution is -0.140. The summed E-state index contributed by atoms with van der Waals surface area (Å²) >= 11 is 0. The second-order valence-corrected chi connectivity index (χ2v) is 7.45. The van der Waals surface area contributed by atoms with Gasteiger partial charge in [0.1, 0.15) is 11.6 Å². The van der Waals surface area contributed by atoms with Crippen molar-refractivity contribution in [2.75, 3.05) is 13.1 Å². The van der Waals surface area contributed by atoms with E-state index in [9.17, 15) is 18.4 Å². The van der Waals surface area contributed by atoms with Crippen LogP contribution in [-0.2, 0) is 9.59 Å². The Hall–Kier alpha value is -2.02. The van der Waals surface area contributed by atoms with Gasteiger partial charge in [0.05, 0.1) is 12.5 Å². The van der Waals surface area contributed by atoms with Gasteiger partial charge in [-0.25, -0.2) is 8.78 Å². The van der Waals surface area contributed by atoms with E-state index in [1.807, 2.05) is 4.90 Å². The van der Waals surface area contributed by atoms with Crippen LogP contribution in [0.25, 0.3) is 0 Å². The van der Waals surface area contributed by atoms with Gasteiger partial charge in [-0.05, 0) is 50.7 Å². The van der Waals surface area contributed by atoms with Crippen LogP contribution in [0.2, 0.25) is 0 Å². The second-order valence-electron chi connectivity index (χ2n) is 7.45. The van der Waals surface area contributed by atoms with Gasteiger partial charge in [0.25, 0.3) is 0 Å². The number of carbonyl (C=O) groups excluding carboxylic acids is 1. The quantitative estimate of drug-likeness (QED) is 0.742. The van der Waals surface area contributed by atoms with Crippen LogP contribution < -0.4 is 5.32 Å².